The lowest BCUT2D eigenvalue weighted by Gasteiger charge is -2.18. The minimum atomic E-state index is -4.72. The van der Waals surface area contributed by atoms with Gasteiger partial charge < -0.3 is 9.72 Å². The number of hydrogen-bond acceptors (Lipinski definition) is 5. The highest BCUT2D eigenvalue weighted by atomic mass is 79.9. The van der Waals surface area contributed by atoms with Crippen LogP contribution in [-0.2, 0) is 6.18 Å². The smallest absolute Gasteiger partial charge is 0.417 e. The number of halogens is 4. The minimum absolute atomic E-state index is 0.0872. The molecule has 0 unspecified atom stereocenters. The van der Waals surface area contributed by atoms with E-state index in [0.717, 1.165) is 17.8 Å². The molecule has 24 heavy (non-hydrogen) atoms. The number of hydrogen-bond donors (Lipinski definition) is 1. The van der Waals surface area contributed by atoms with E-state index in [0.29, 0.717) is 0 Å². The van der Waals surface area contributed by atoms with E-state index in [4.69, 9.17) is 4.74 Å². The van der Waals surface area contributed by atoms with Crippen molar-refractivity contribution in [2.45, 2.75) is 11.3 Å². The van der Waals surface area contributed by atoms with Crippen molar-refractivity contribution in [1.82, 2.24) is 9.97 Å². The molecule has 10 heteroatoms. The van der Waals surface area contributed by atoms with Crippen molar-refractivity contribution in [2.75, 3.05) is 13.4 Å². The number of ether oxygens (including phenoxy) is 1. The zero-order valence-corrected chi connectivity index (χ0v) is 14.7. The number of nitriles is 1. The molecular weight excluding hydrogens is 411 g/mol. The molecule has 2 rings (SSSR count). The van der Waals surface area contributed by atoms with Gasteiger partial charge in [-0.2, -0.15) is 18.4 Å². The Bertz CT molecular complexity index is 891. The van der Waals surface area contributed by atoms with Gasteiger partial charge in [0.2, 0.25) is 0 Å². The summed E-state index contributed by atoms with van der Waals surface area (Å²) < 4.78 is 45.6. The first-order valence-corrected chi connectivity index (χ1v) is 8.28. The number of benzene rings is 1. The Morgan fingerprint density at radius 1 is 1.42 bits per heavy atom. The van der Waals surface area contributed by atoms with Gasteiger partial charge in [0.05, 0.1) is 22.7 Å². The lowest BCUT2D eigenvalue weighted by Crippen LogP contribution is -2.17. The van der Waals surface area contributed by atoms with Crippen molar-refractivity contribution >= 4 is 27.7 Å². The van der Waals surface area contributed by atoms with Crippen LogP contribution in [0.5, 0.6) is 5.75 Å². The van der Waals surface area contributed by atoms with Gasteiger partial charge in [0.15, 0.2) is 5.16 Å². The summed E-state index contributed by atoms with van der Waals surface area (Å²) >= 11 is 4.14. The molecular formula is C14H9BrF3N3O2S. The number of aromatic nitrogens is 2. The normalized spacial score (nSPS) is 11.2. The highest BCUT2D eigenvalue weighted by molar-refractivity contribution is 9.10. The van der Waals surface area contributed by atoms with E-state index in [1.54, 1.807) is 12.3 Å². The maximum atomic E-state index is 13.4. The zero-order chi connectivity index (χ0) is 18.1. The van der Waals surface area contributed by atoms with E-state index in [1.165, 1.54) is 13.2 Å². The Morgan fingerprint density at radius 3 is 2.58 bits per heavy atom. The third-order valence-electron chi connectivity index (χ3n) is 3.06. The van der Waals surface area contributed by atoms with Gasteiger partial charge in [-0.25, -0.2) is 4.98 Å². The van der Waals surface area contributed by atoms with Crippen LogP contribution in [0.25, 0.3) is 11.3 Å². The van der Waals surface area contributed by atoms with Crippen molar-refractivity contribution in [3.05, 3.63) is 38.1 Å². The second kappa shape index (κ2) is 6.86. The number of thioether (sulfide) groups is 1. The lowest BCUT2D eigenvalue weighted by atomic mass is 9.99. The Kier molecular flexibility index (Phi) is 5.25. The van der Waals surface area contributed by atoms with Crippen molar-refractivity contribution in [1.29, 1.82) is 5.26 Å². The molecule has 0 bridgehead atoms. The molecule has 0 atom stereocenters. The molecule has 1 N–H and O–H groups in total. The third kappa shape index (κ3) is 3.27. The van der Waals surface area contributed by atoms with Gasteiger partial charge in [-0.3, -0.25) is 4.79 Å². The lowest BCUT2D eigenvalue weighted by molar-refractivity contribution is -0.137. The van der Waals surface area contributed by atoms with E-state index in [9.17, 15) is 23.2 Å². The van der Waals surface area contributed by atoms with Crippen LogP contribution in [0, 0.1) is 11.3 Å². The van der Waals surface area contributed by atoms with E-state index in [2.05, 4.69) is 25.9 Å². The number of nitrogens with zero attached hydrogens (tertiary/aromatic N) is 2. The summed E-state index contributed by atoms with van der Waals surface area (Å²) in [5.41, 5.74) is -3.23. The van der Waals surface area contributed by atoms with Gasteiger partial charge in [0, 0.05) is 0 Å². The fraction of sp³-hybridized carbons (Fsp3) is 0.214. The number of methoxy groups -OCH3 is 1. The average Bonchev–Trinajstić information content (AvgIpc) is 2.52. The van der Waals surface area contributed by atoms with E-state index in [-0.39, 0.29) is 21.1 Å². The summed E-state index contributed by atoms with van der Waals surface area (Å²) in [6.07, 6.45) is -3.13. The SMILES string of the molecule is COc1c(Br)ccc(C(F)(F)F)c1-c1nc(SC)[nH]c(=O)c1C#N. The van der Waals surface area contributed by atoms with Gasteiger partial charge in [-0.05, 0) is 34.3 Å². The summed E-state index contributed by atoms with van der Waals surface area (Å²) in [7, 11) is 1.19. The number of H-pyrrole nitrogens is 1. The Hall–Kier alpha value is -1.99. The fourth-order valence-electron chi connectivity index (χ4n) is 2.06. The standard InChI is InChI=1S/C14H9BrF3N3O2S/c1-23-11-8(15)4-3-7(14(16,17)18)9(11)10-6(5-19)12(22)21-13(20-10)24-2/h3-4H,1-2H3,(H,20,21,22). The molecule has 0 aliphatic rings. The van der Waals surface area contributed by atoms with Crippen LogP contribution in [0.15, 0.2) is 26.6 Å². The highest BCUT2D eigenvalue weighted by Crippen LogP contribution is 2.45. The molecule has 1 heterocycles. The van der Waals surface area contributed by atoms with Crippen molar-refractivity contribution in [2.24, 2.45) is 0 Å². The summed E-state index contributed by atoms with van der Waals surface area (Å²) in [6, 6.07) is 3.63. The first-order chi connectivity index (χ1) is 11.2. The molecule has 0 amide bonds. The molecule has 0 radical (unpaired) electrons. The van der Waals surface area contributed by atoms with E-state index in [1.807, 2.05) is 0 Å². The minimum Gasteiger partial charge on any atom is -0.495 e. The molecule has 0 fully saturated rings. The molecule has 1 aromatic carbocycles. The zero-order valence-electron chi connectivity index (χ0n) is 12.3. The predicted octanol–water partition coefficient (Wildman–Crippen LogP) is 3.82. The Labute approximate surface area is 147 Å². The fourth-order valence-corrected chi connectivity index (χ4v) is 2.93. The van der Waals surface area contributed by atoms with E-state index >= 15 is 0 Å². The Morgan fingerprint density at radius 2 is 2.08 bits per heavy atom. The number of rotatable bonds is 3. The molecule has 0 saturated heterocycles. The topological polar surface area (TPSA) is 78.8 Å². The van der Waals surface area contributed by atoms with Crippen LogP contribution in [0.4, 0.5) is 13.2 Å². The molecule has 1 aromatic heterocycles. The summed E-state index contributed by atoms with van der Waals surface area (Å²) in [6.45, 7) is 0. The number of nitrogens with one attached hydrogen (secondary N) is 1. The number of alkyl halides is 3. The van der Waals surface area contributed by atoms with Gasteiger partial charge in [-0.1, -0.05) is 11.8 Å². The van der Waals surface area contributed by atoms with Crippen molar-refractivity contribution < 1.29 is 17.9 Å². The largest absolute Gasteiger partial charge is 0.495 e. The summed E-state index contributed by atoms with van der Waals surface area (Å²) in [4.78, 5) is 18.3. The molecule has 0 aliphatic heterocycles. The molecule has 5 nitrogen and oxygen atoms in total. The van der Waals surface area contributed by atoms with Crippen LogP contribution in [0.1, 0.15) is 11.1 Å². The Balaban J connectivity index is 3.01. The molecule has 0 saturated carbocycles. The second-order valence-electron chi connectivity index (χ2n) is 4.41. The van der Waals surface area contributed by atoms with Crippen LogP contribution in [0.3, 0.4) is 0 Å². The summed E-state index contributed by atoms with van der Waals surface area (Å²) in [5.74, 6) is -0.161. The molecule has 0 aliphatic carbocycles. The van der Waals surface area contributed by atoms with E-state index < -0.39 is 28.4 Å². The first kappa shape index (κ1) is 18.4. The van der Waals surface area contributed by atoms with Gasteiger partial charge in [-0.15, -0.1) is 0 Å². The average molecular weight is 420 g/mol. The highest BCUT2D eigenvalue weighted by Gasteiger charge is 2.37. The maximum absolute atomic E-state index is 13.4. The first-order valence-electron chi connectivity index (χ1n) is 6.27. The van der Waals surface area contributed by atoms with Crippen LogP contribution in [0.2, 0.25) is 0 Å². The second-order valence-corrected chi connectivity index (χ2v) is 6.06. The molecule has 0 spiro atoms. The van der Waals surface area contributed by atoms with Gasteiger partial charge >= 0.3 is 6.18 Å². The van der Waals surface area contributed by atoms with Gasteiger partial charge in [0.25, 0.3) is 5.56 Å². The van der Waals surface area contributed by atoms with Crippen LogP contribution >= 0.6 is 27.7 Å². The van der Waals surface area contributed by atoms with Crippen molar-refractivity contribution in [3.8, 4) is 23.1 Å². The van der Waals surface area contributed by atoms with Crippen LogP contribution < -0.4 is 10.3 Å². The molecule has 2 aromatic rings. The third-order valence-corrected chi connectivity index (χ3v) is 4.26. The van der Waals surface area contributed by atoms with Gasteiger partial charge in [0.1, 0.15) is 23.1 Å². The summed E-state index contributed by atoms with van der Waals surface area (Å²) in [5, 5.41) is 9.29. The number of aromatic amines is 1. The monoisotopic (exact) mass is 419 g/mol. The molecule has 126 valence electrons. The quantitative estimate of drug-likeness (QED) is 0.604. The van der Waals surface area contributed by atoms with Crippen LogP contribution in [-0.4, -0.2) is 23.3 Å². The maximum Gasteiger partial charge on any atom is 0.417 e. The predicted molar refractivity (Wildman–Crippen MR) is 86.0 cm³/mol. The van der Waals surface area contributed by atoms with Crippen molar-refractivity contribution in [3.63, 3.8) is 0 Å².